The number of carboxylic acid groups (broad SMARTS) is 1. The van der Waals surface area contributed by atoms with Crippen molar-refractivity contribution in [3.8, 4) is 0 Å². The molecule has 1 fully saturated rings. The molecule has 0 amide bonds. The number of benzene rings is 1. The number of piperidine rings is 1. The number of halogens is 1. The van der Waals surface area contributed by atoms with E-state index in [9.17, 15) is 13.2 Å². The zero-order chi connectivity index (χ0) is 17.2. The van der Waals surface area contributed by atoms with E-state index in [1.54, 1.807) is 10.4 Å². The maximum Gasteiger partial charge on any atom is 0.317 e. The van der Waals surface area contributed by atoms with Gasteiger partial charge in [0.05, 0.1) is 11.4 Å². The molecule has 0 radical (unpaired) electrons. The van der Waals surface area contributed by atoms with Gasteiger partial charge in [-0.2, -0.15) is 4.31 Å². The number of fused-ring (bicyclic) bond motifs is 1. The van der Waals surface area contributed by atoms with E-state index < -0.39 is 16.0 Å². The minimum Gasteiger partial charge on any atom is -0.480 e. The molecular weight excluding hydrogens is 364 g/mol. The lowest BCUT2D eigenvalue weighted by Gasteiger charge is -2.32. The van der Waals surface area contributed by atoms with Gasteiger partial charge in [0.1, 0.15) is 0 Å². The van der Waals surface area contributed by atoms with Gasteiger partial charge < -0.3 is 10.4 Å². The van der Waals surface area contributed by atoms with E-state index in [-0.39, 0.29) is 24.9 Å². The van der Waals surface area contributed by atoms with E-state index >= 15 is 0 Å². The highest BCUT2D eigenvalue weighted by molar-refractivity contribution is 7.89. The average molecular weight is 389 g/mol. The van der Waals surface area contributed by atoms with Crippen LogP contribution in [0.1, 0.15) is 30.4 Å². The number of aliphatic carboxylic acids is 1. The van der Waals surface area contributed by atoms with Gasteiger partial charge >= 0.3 is 5.97 Å². The van der Waals surface area contributed by atoms with Gasteiger partial charge in [-0.25, -0.2) is 8.42 Å². The fourth-order valence-corrected chi connectivity index (χ4v) is 5.26. The number of hydrogen-bond acceptors (Lipinski definition) is 4. The predicted octanol–water partition coefficient (Wildman–Crippen LogP) is 1.67. The van der Waals surface area contributed by atoms with Crippen molar-refractivity contribution in [1.29, 1.82) is 0 Å². The standard InChI is InChI=1S/C17H24N2O4S.ClH/c20-17(21)11-18-10-13-3-2-8-19(12-13)24(22,23)16-7-6-14-4-1-5-15(14)9-16;/h6-7,9,13,18H,1-5,8,10-12H2,(H,20,21);1H. The fraction of sp³-hybridized carbons (Fsp3) is 0.588. The van der Waals surface area contributed by atoms with Crippen molar-refractivity contribution in [3.63, 3.8) is 0 Å². The van der Waals surface area contributed by atoms with E-state index in [2.05, 4.69) is 5.32 Å². The molecule has 3 rings (SSSR count). The van der Waals surface area contributed by atoms with Gasteiger partial charge in [-0.15, -0.1) is 12.4 Å². The first-order valence-electron chi connectivity index (χ1n) is 8.51. The van der Waals surface area contributed by atoms with Gasteiger partial charge in [0, 0.05) is 13.1 Å². The molecule has 140 valence electrons. The molecule has 1 aliphatic heterocycles. The Morgan fingerprint density at radius 1 is 1.24 bits per heavy atom. The first-order chi connectivity index (χ1) is 11.5. The summed E-state index contributed by atoms with van der Waals surface area (Å²) < 4.78 is 27.4. The molecule has 1 aliphatic carbocycles. The number of sulfonamides is 1. The minimum absolute atomic E-state index is 0. The number of nitrogens with one attached hydrogen (secondary N) is 1. The minimum atomic E-state index is -3.47. The van der Waals surface area contributed by atoms with Crippen molar-refractivity contribution in [2.24, 2.45) is 5.92 Å². The van der Waals surface area contributed by atoms with Crippen molar-refractivity contribution in [2.45, 2.75) is 37.0 Å². The molecule has 1 heterocycles. The third kappa shape index (κ3) is 4.73. The second-order valence-electron chi connectivity index (χ2n) is 6.68. The lowest BCUT2D eigenvalue weighted by Crippen LogP contribution is -2.43. The highest BCUT2D eigenvalue weighted by atomic mass is 35.5. The average Bonchev–Trinajstić information content (AvgIpc) is 3.02. The second-order valence-corrected chi connectivity index (χ2v) is 8.62. The summed E-state index contributed by atoms with van der Waals surface area (Å²) in [4.78, 5) is 11.0. The molecule has 1 atom stereocenters. The molecule has 2 N–H and O–H groups in total. The Balaban J connectivity index is 0.00000225. The number of hydrogen-bond donors (Lipinski definition) is 2. The van der Waals surface area contributed by atoms with Crippen LogP contribution in [0.25, 0.3) is 0 Å². The Morgan fingerprint density at radius 3 is 2.76 bits per heavy atom. The van der Waals surface area contributed by atoms with Crippen LogP contribution >= 0.6 is 12.4 Å². The third-order valence-electron chi connectivity index (χ3n) is 4.90. The van der Waals surface area contributed by atoms with Crippen molar-refractivity contribution in [2.75, 3.05) is 26.2 Å². The van der Waals surface area contributed by atoms with Gasteiger partial charge in [0.15, 0.2) is 0 Å². The highest BCUT2D eigenvalue weighted by Crippen LogP contribution is 2.28. The zero-order valence-corrected chi connectivity index (χ0v) is 15.7. The smallest absolute Gasteiger partial charge is 0.317 e. The fourth-order valence-electron chi connectivity index (χ4n) is 3.65. The number of aryl methyl sites for hydroxylation is 2. The summed E-state index contributed by atoms with van der Waals surface area (Å²) in [6.07, 6.45) is 4.82. The number of carboxylic acids is 1. The number of nitrogens with zero attached hydrogens (tertiary/aromatic N) is 1. The molecule has 8 heteroatoms. The van der Waals surface area contributed by atoms with Gasteiger partial charge in [-0.3, -0.25) is 4.79 Å². The Hall–Kier alpha value is -1.15. The monoisotopic (exact) mass is 388 g/mol. The summed E-state index contributed by atoms with van der Waals surface area (Å²) in [7, 11) is -3.47. The van der Waals surface area contributed by atoms with Crippen molar-refractivity contribution < 1.29 is 18.3 Å². The van der Waals surface area contributed by atoms with Crippen LogP contribution in [0, 0.1) is 5.92 Å². The molecule has 1 aromatic carbocycles. The molecule has 0 bridgehead atoms. The van der Waals surface area contributed by atoms with Crippen LogP contribution in [0.3, 0.4) is 0 Å². The van der Waals surface area contributed by atoms with Gasteiger partial charge in [-0.1, -0.05) is 6.07 Å². The lowest BCUT2D eigenvalue weighted by molar-refractivity contribution is -0.136. The SMILES string of the molecule is Cl.O=C(O)CNCC1CCCN(S(=O)(=O)c2ccc3c(c2)CCC3)C1. The summed E-state index contributed by atoms with van der Waals surface area (Å²) in [5.41, 5.74) is 2.43. The summed E-state index contributed by atoms with van der Waals surface area (Å²) in [5.74, 6) is -0.740. The van der Waals surface area contributed by atoms with E-state index in [1.807, 2.05) is 12.1 Å². The molecule has 1 aromatic rings. The van der Waals surface area contributed by atoms with Crippen LogP contribution in [0.4, 0.5) is 0 Å². The molecule has 1 saturated heterocycles. The van der Waals surface area contributed by atoms with Gasteiger partial charge in [0.2, 0.25) is 10.0 Å². The molecule has 25 heavy (non-hydrogen) atoms. The Labute approximate surface area is 155 Å². The molecule has 2 aliphatic rings. The Kier molecular flexibility index (Phi) is 6.85. The van der Waals surface area contributed by atoms with Crippen molar-refractivity contribution >= 4 is 28.4 Å². The van der Waals surface area contributed by atoms with Crippen molar-refractivity contribution in [1.82, 2.24) is 9.62 Å². The maximum atomic E-state index is 12.9. The Bertz CT molecular complexity index is 723. The van der Waals surface area contributed by atoms with E-state index in [0.717, 1.165) is 37.7 Å². The van der Waals surface area contributed by atoms with Crippen LogP contribution in [-0.4, -0.2) is 50.0 Å². The summed E-state index contributed by atoms with van der Waals surface area (Å²) in [6, 6.07) is 5.51. The lowest BCUT2D eigenvalue weighted by atomic mass is 10.00. The summed E-state index contributed by atoms with van der Waals surface area (Å²) >= 11 is 0. The second kappa shape index (κ2) is 8.49. The van der Waals surface area contributed by atoms with E-state index in [1.165, 1.54) is 5.56 Å². The third-order valence-corrected chi connectivity index (χ3v) is 6.76. The highest BCUT2D eigenvalue weighted by Gasteiger charge is 2.30. The summed E-state index contributed by atoms with van der Waals surface area (Å²) in [5, 5.41) is 11.6. The van der Waals surface area contributed by atoms with E-state index in [0.29, 0.717) is 24.5 Å². The van der Waals surface area contributed by atoms with Crippen LogP contribution in [0.5, 0.6) is 0 Å². The first-order valence-corrected chi connectivity index (χ1v) is 9.95. The predicted molar refractivity (Wildman–Crippen MR) is 97.7 cm³/mol. The number of carbonyl (C=O) groups is 1. The van der Waals surface area contributed by atoms with Crippen LogP contribution in [0.15, 0.2) is 23.1 Å². The van der Waals surface area contributed by atoms with E-state index in [4.69, 9.17) is 5.11 Å². The molecule has 0 aromatic heterocycles. The van der Waals surface area contributed by atoms with Crippen LogP contribution in [0.2, 0.25) is 0 Å². The maximum absolute atomic E-state index is 12.9. The molecule has 0 saturated carbocycles. The van der Waals surface area contributed by atoms with Crippen LogP contribution in [-0.2, 0) is 27.7 Å². The molecule has 6 nitrogen and oxygen atoms in total. The molecule has 1 unspecified atom stereocenters. The zero-order valence-electron chi connectivity index (χ0n) is 14.1. The Morgan fingerprint density at radius 2 is 2.00 bits per heavy atom. The van der Waals surface area contributed by atoms with Crippen LogP contribution < -0.4 is 5.32 Å². The molecule has 0 spiro atoms. The first kappa shape index (κ1) is 20.2. The largest absolute Gasteiger partial charge is 0.480 e. The normalized spacial score (nSPS) is 20.7. The topological polar surface area (TPSA) is 86.7 Å². The van der Waals surface area contributed by atoms with Gasteiger partial charge in [0.25, 0.3) is 0 Å². The van der Waals surface area contributed by atoms with Gasteiger partial charge in [-0.05, 0) is 67.8 Å². The quantitative estimate of drug-likeness (QED) is 0.774. The molecular formula is C17H25ClN2O4S. The van der Waals surface area contributed by atoms with Crippen molar-refractivity contribution in [3.05, 3.63) is 29.3 Å². The number of rotatable bonds is 6. The summed E-state index contributed by atoms with van der Waals surface area (Å²) in [6.45, 7) is 1.43.